The van der Waals surface area contributed by atoms with Crippen molar-refractivity contribution in [3.63, 3.8) is 0 Å². The second kappa shape index (κ2) is 11.0. The molecule has 1 amide bonds. The molecule has 0 saturated carbocycles. The highest BCUT2D eigenvalue weighted by molar-refractivity contribution is 8.00. The third-order valence-electron chi connectivity index (χ3n) is 3.40. The van der Waals surface area contributed by atoms with E-state index in [4.69, 9.17) is 4.74 Å². The van der Waals surface area contributed by atoms with Gasteiger partial charge in [0.25, 0.3) is 0 Å². The standard InChI is InChI=1S/C21H21NO4S/c1-2-26-21(25)14-18(23)15-27-19-11-9-17(10-12-19)22-20(24)13-8-16-6-4-3-5-7-16/h3-13H,2,14-15H2,1H3,(H,22,24)/b13-8+. The summed E-state index contributed by atoms with van der Waals surface area (Å²) >= 11 is 1.34. The summed E-state index contributed by atoms with van der Waals surface area (Å²) in [4.78, 5) is 35.8. The Morgan fingerprint density at radius 1 is 1.04 bits per heavy atom. The van der Waals surface area contributed by atoms with Gasteiger partial charge in [0, 0.05) is 16.7 Å². The van der Waals surface area contributed by atoms with Crippen molar-refractivity contribution in [1.29, 1.82) is 0 Å². The van der Waals surface area contributed by atoms with E-state index in [1.807, 2.05) is 42.5 Å². The van der Waals surface area contributed by atoms with Crippen molar-refractivity contribution in [2.24, 2.45) is 0 Å². The van der Waals surface area contributed by atoms with Gasteiger partial charge in [-0.25, -0.2) is 0 Å². The number of hydrogen-bond acceptors (Lipinski definition) is 5. The lowest BCUT2D eigenvalue weighted by molar-refractivity contribution is -0.145. The van der Waals surface area contributed by atoms with E-state index in [1.165, 1.54) is 17.8 Å². The molecule has 0 aliphatic heterocycles. The molecule has 0 heterocycles. The minimum atomic E-state index is -0.496. The molecule has 6 heteroatoms. The largest absolute Gasteiger partial charge is 0.466 e. The number of rotatable bonds is 9. The van der Waals surface area contributed by atoms with Gasteiger partial charge in [0.05, 0.1) is 12.4 Å². The lowest BCUT2D eigenvalue weighted by Crippen LogP contribution is -2.12. The van der Waals surface area contributed by atoms with Crippen LogP contribution in [0.15, 0.2) is 65.6 Å². The molecule has 0 aromatic heterocycles. The third-order valence-corrected chi connectivity index (χ3v) is 4.47. The quantitative estimate of drug-likeness (QED) is 0.307. The van der Waals surface area contributed by atoms with Crippen molar-refractivity contribution in [2.45, 2.75) is 18.2 Å². The molecule has 0 aliphatic rings. The van der Waals surface area contributed by atoms with E-state index in [9.17, 15) is 14.4 Å². The normalized spacial score (nSPS) is 10.6. The monoisotopic (exact) mass is 383 g/mol. The number of ether oxygens (including phenoxy) is 1. The number of nitrogens with one attached hydrogen (secondary N) is 1. The Kier molecular flexibility index (Phi) is 8.32. The molecule has 0 bridgehead atoms. The van der Waals surface area contributed by atoms with E-state index < -0.39 is 5.97 Å². The lowest BCUT2D eigenvalue weighted by atomic mass is 10.2. The summed E-state index contributed by atoms with van der Waals surface area (Å²) in [7, 11) is 0. The molecule has 27 heavy (non-hydrogen) atoms. The molecule has 2 aromatic rings. The molecule has 1 N–H and O–H groups in total. The van der Waals surface area contributed by atoms with Crippen LogP contribution >= 0.6 is 11.8 Å². The second-order valence-corrected chi connectivity index (χ2v) is 6.62. The minimum Gasteiger partial charge on any atom is -0.466 e. The van der Waals surface area contributed by atoms with Crippen LogP contribution in [0, 0.1) is 0 Å². The van der Waals surface area contributed by atoms with Crippen LogP contribution in [-0.4, -0.2) is 30.0 Å². The Morgan fingerprint density at radius 3 is 2.41 bits per heavy atom. The number of Topliss-reactive ketones (excluding diaryl/α,β-unsaturated/α-hetero) is 1. The van der Waals surface area contributed by atoms with Crippen LogP contribution in [0.3, 0.4) is 0 Å². The number of anilines is 1. The highest BCUT2D eigenvalue weighted by atomic mass is 32.2. The summed E-state index contributed by atoms with van der Waals surface area (Å²) in [5.74, 6) is -0.694. The van der Waals surface area contributed by atoms with Crippen LogP contribution < -0.4 is 5.32 Å². The Balaban J connectivity index is 1.79. The molecule has 0 saturated heterocycles. The SMILES string of the molecule is CCOC(=O)CC(=O)CSc1ccc(NC(=O)/C=C/c2ccccc2)cc1. The molecule has 2 aromatic carbocycles. The summed E-state index contributed by atoms with van der Waals surface area (Å²) in [6.45, 7) is 1.97. The number of carbonyl (C=O) groups excluding carboxylic acids is 3. The Hall–Kier alpha value is -2.86. The van der Waals surface area contributed by atoms with E-state index in [0.717, 1.165) is 10.5 Å². The van der Waals surface area contributed by atoms with Gasteiger partial charge in [-0.05, 0) is 42.8 Å². The van der Waals surface area contributed by atoms with Gasteiger partial charge in [-0.15, -0.1) is 11.8 Å². The fourth-order valence-electron chi connectivity index (χ4n) is 2.14. The molecular formula is C21H21NO4S. The van der Waals surface area contributed by atoms with Crippen LogP contribution in [0.2, 0.25) is 0 Å². The van der Waals surface area contributed by atoms with Gasteiger partial charge in [-0.3, -0.25) is 14.4 Å². The van der Waals surface area contributed by atoms with E-state index in [-0.39, 0.29) is 30.5 Å². The zero-order chi connectivity index (χ0) is 19.5. The first kappa shape index (κ1) is 20.5. The smallest absolute Gasteiger partial charge is 0.313 e. The maximum atomic E-state index is 12.0. The molecule has 0 fully saturated rings. The fourth-order valence-corrected chi connectivity index (χ4v) is 2.90. The second-order valence-electron chi connectivity index (χ2n) is 5.57. The molecule has 0 atom stereocenters. The number of esters is 1. The lowest BCUT2D eigenvalue weighted by Gasteiger charge is -2.05. The van der Waals surface area contributed by atoms with Crippen LogP contribution in [0.5, 0.6) is 0 Å². The Morgan fingerprint density at radius 2 is 1.74 bits per heavy atom. The number of amides is 1. The van der Waals surface area contributed by atoms with E-state index in [2.05, 4.69) is 5.32 Å². The zero-order valence-electron chi connectivity index (χ0n) is 15.0. The maximum Gasteiger partial charge on any atom is 0.313 e. The first-order valence-corrected chi connectivity index (χ1v) is 9.49. The molecule has 140 valence electrons. The molecule has 0 unspecified atom stereocenters. The highest BCUT2D eigenvalue weighted by Crippen LogP contribution is 2.21. The van der Waals surface area contributed by atoms with E-state index in [0.29, 0.717) is 5.69 Å². The zero-order valence-corrected chi connectivity index (χ0v) is 15.8. The molecule has 0 spiro atoms. The number of carbonyl (C=O) groups is 3. The minimum absolute atomic E-state index is 0.179. The van der Waals surface area contributed by atoms with Crippen molar-refractivity contribution in [3.05, 3.63) is 66.2 Å². The first-order chi connectivity index (χ1) is 13.1. The van der Waals surface area contributed by atoms with E-state index in [1.54, 1.807) is 25.1 Å². The molecule has 2 rings (SSSR count). The van der Waals surface area contributed by atoms with Crippen molar-refractivity contribution in [2.75, 3.05) is 17.7 Å². The number of hydrogen-bond donors (Lipinski definition) is 1. The molecular weight excluding hydrogens is 362 g/mol. The predicted molar refractivity (Wildman–Crippen MR) is 108 cm³/mol. The van der Waals surface area contributed by atoms with Crippen LogP contribution in [0.25, 0.3) is 6.08 Å². The summed E-state index contributed by atoms with van der Waals surface area (Å²) < 4.78 is 4.75. The van der Waals surface area contributed by atoms with Gasteiger partial charge >= 0.3 is 5.97 Å². The third kappa shape index (κ3) is 7.92. The molecule has 5 nitrogen and oxygen atoms in total. The number of benzene rings is 2. The Bertz CT molecular complexity index is 801. The van der Waals surface area contributed by atoms with Crippen molar-refractivity contribution < 1.29 is 19.1 Å². The Labute approximate surface area is 162 Å². The van der Waals surface area contributed by atoms with Gasteiger partial charge in [-0.1, -0.05) is 30.3 Å². The number of ketones is 1. The van der Waals surface area contributed by atoms with Crippen LogP contribution in [-0.2, 0) is 19.1 Å². The first-order valence-electron chi connectivity index (χ1n) is 8.51. The highest BCUT2D eigenvalue weighted by Gasteiger charge is 2.10. The number of thioether (sulfide) groups is 1. The topological polar surface area (TPSA) is 72.5 Å². The molecule has 0 radical (unpaired) electrons. The summed E-state index contributed by atoms with van der Waals surface area (Å²) in [6.07, 6.45) is 3.02. The van der Waals surface area contributed by atoms with Gasteiger partial charge in [-0.2, -0.15) is 0 Å². The predicted octanol–water partition coefficient (Wildman–Crippen LogP) is 3.95. The maximum absolute atomic E-state index is 12.0. The van der Waals surface area contributed by atoms with Crippen molar-refractivity contribution in [3.8, 4) is 0 Å². The van der Waals surface area contributed by atoms with Gasteiger partial charge in [0.15, 0.2) is 5.78 Å². The average molecular weight is 383 g/mol. The summed E-state index contributed by atoms with van der Waals surface area (Å²) in [5.41, 5.74) is 1.62. The van der Waals surface area contributed by atoms with Crippen LogP contribution in [0.4, 0.5) is 5.69 Å². The summed E-state index contributed by atoms with van der Waals surface area (Å²) in [6, 6.07) is 16.7. The van der Waals surface area contributed by atoms with Crippen molar-refractivity contribution in [1.82, 2.24) is 0 Å². The summed E-state index contributed by atoms with van der Waals surface area (Å²) in [5, 5.41) is 2.78. The van der Waals surface area contributed by atoms with Crippen molar-refractivity contribution >= 4 is 41.2 Å². The van der Waals surface area contributed by atoms with Gasteiger partial charge in [0.2, 0.25) is 5.91 Å². The van der Waals surface area contributed by atoms with Gasteiger partial charge in [0.1, 0.15) is 6.42 Å². The van der Waals surface area contributed by atoms with Gasteiger partial charge < -0.3 is 10.1 Å². The molecule has 0 aliphatic carbocycles. The van der Waals surface area contributed by atoms with Crippen LogP contribution in [0.1, 0.15) is 18.9 Å². The average Bonchev–Trinajstić information content (AvgIpc) is 2.67. The van der Waals surface area contributed by atoms with E-state index >= 15 is 0 Å². The fraction of sp³-hybridized carbons (Fsp3) is 0.190.